The largest absolute Gasteiger partial charge is 0.310 e. The van der Waals surface area contributed by atoms with Crippen molar-refractivity contribution in [1.29, 1.82) is 0 Å². The summed E-state index contributed by atoms with van der Waals surface area (Å²) in [5.41, 5.74) is -1.01. The Bertz CT molecular complexity index is 126. The van der Waals surface area contributed by atoms with Crippen LogP contribution in [0.25, 0.3) is 0 Å². The van der Waals surface area contributed by atoms with Crippen LogP contribution in [0.4, 0.5) is 8.78 Å². The summed E-state index contributed by atoms with van der Waals surface area (Å²) in [7, 11) is 1.59. The Kier molecular flexibility index (Phi) is 4.68. The quantitative estimate of drug-likeness (QED) is 0.684. The molecule has 0 aliphatic rings. The maximum atomic E-state index is 12.5. The minimum atomic E-state index is -2.29. The highest BCUT2D eigenvalue weighted by molar-refractivity contribution is 4.84. The van der Waals surface area contributed by atoms with Gasteiger partial charge in [-0.05, 0) is 32.7 Å². The molecule has 1 unspecified atom stereocenters. The fourth-order valence-corrected chi connectivity index (χ4v) is 0.932. The standard InChI is InChI=1S/C9H19F2N/c1-7(2)5-6-9(3,12-4)8(10)11/h7-8,12H,5-6H2,1-4H3. The van der Waals surface area contributed by atoms with E-state index in [9.17, 15) is 8.78 Å². The van der Waals surface area contributed by atoms with Crippen LogP contribution >= 0.6 is 0 Å². The Balaban J connectivity index is 3.97. The second-order valence-electron chi connectivity index (χ2n) is 3.90. The number of hydrogen-bond donors (Lipinski definition) is 1. The molecule has 0 spiro atoms. The van der Waals surface area contributed by atoms with E-state index < -0.39 is 12.0 Å². The molecular formula is C9H19F2N. The summed E-state index contributed by atoms with van der Waals surface area (Å²) < 4.78 is 24.9. The van der Waals surface area contributed by atoms with Crippen LogP contribution in [-0.2, 0) is 0 Å². The van der Waals surface area contributed by atoms with E-state index in [0.717, 1.165) is 6.42 Å². The smallest absolute Gasteiger partial charge is 0.256 e. The number of rotatable bonds is 5. The van der Waals surface area contributed by atoms with Crippen molar-refractivity contribution in [2.24, 2.45) is 5.92 Å². The average Bonchev–Trinajstić information content (AvgIpc) is 1.99. The predicted molar refractivity (Wildman–Crippen MR) is 47.5 cm³/mol. The van der Waals surface area contributed by atoms with E-state index in [1.165, 1.54) is 0 Å². The van der Waals surface area contributed by atoms with Crippen LogP contribution in [0.15, 0.2) is 0 Å². The zero-order chi connectivity index (χ0) is 9.78. The van der Waals surface area contributed by atoms with E-state index in [0.29, 0.717) is 12.3 Å². The highest BCUT2D eigenvalue weighted by Gasteiger charge is 2.32. The van der Waals surface area contributed by atoms with Crippen LogP contribution in [0.5, 0.6) is 0 Å². The minimum Gasteiger partial charge on any atom is -0.310 e. The predicted octanol–water partition coefficient (Wildman–Crippen LogP) is 2.67. The zero-order valence-corrected chi connectivity index (χ0v) is 8.32. The summed E-state index contributed by atoms with van der Waals surface area (Å²) in [4.78, 5) is 0. The normalized spacial score (nSPS) is 17.0. The van der Waals surface area contributed by atoms with Crippen molar-refractivity contribution in [3.8, 4) is 0 Å². The van der Waals surface area contributed by atoms with Gasteiger partial charge in [-0.25, -0.2) is 8.78 Å². The van der Waals surface area contributed by atoms with Crippen molar-refractivity contribution in [2.45, 2.75) is 45.6 Å². The number of halogens is 2. The second kappa shape index (κ2) is 4.75. The molecule has 0 bridgehead atoms. The van der Waals surface area contributed by atoms with E-state index in [2.05, 4.69) is 5.32 Å². The molecule has 0 heterocycles. The SMILES string of the molecule is CNC(C)(CCC(C)C)C(F)F. The van der Waals surface area contributed by atoms with Crippen LogP contribution < -0.4 is 5.32 Å². The molecule has 12 heavy (non-hydrogen) atoms. The van der Waals surface area contributed by atoms with Gasteiger partial charge in [-0.15, -0.1) is 0 Å². The van der Waals surface area contributed by atoms with Gasteiger partial charge in [0.25, 0.3) is 6.43 Å². The number of hydrogen-bond acceptors (Lipinski definition) is 1. The maximum Gasteiger partial charge on any atom is 0.256 e. The first-order valence-electron chi connectivity index (χ1n) is 4.39. The summed E-state index contributed by atoms with van der Waals surface area (Å²) >= 11 is 0. The topological polar surface area (TPSA) is 12.0 Å². The molecule has 0 aliphatic carbocycles. The summed E-state index contributed by atoms with van der Waals surface area (Å²) in [5.74, 6) is 0.483. The lowest BCUT2D eigenvalue weighted by atomic mass is 9.92. The maximum absolute atomic E-state index is 12.5. The highest BCUT2D eigenvalue weighted by atomic mass is 19.3. The Hall–Kier alpha value is -0.180. The number of nitrogens with one attached hydrogen (secondary N) is 1. The molecule has 0 aromatic carbocycles. The Morgan fingerprint density at radius 2 is 1.83 bits per heavy atom. The molecule has 74 valence electrons. The summed E-state index contributed by atoms with van der Waals surface area (Å²) in [6, 6.07) is 0. The molecule has 1 nitrogen and oxygen atoms in total. The van der Waals surface area contributed by atoms with E-state index in [1.807, 2.05) is 13.8 Å². The molecule has 0 rings (SSSR count). The van der Waals surface area contributed by atoms with Gasteiger partial charge in [-0.1, -0.05) is 13.8 Å². The van der Waals surface area contributed by atoms with Gasteiger partial charge in [-0.2, -0.15) is 0 Å². The zero-order valence-electron chi connectivity index (χ0n) is 8.32. The van der Waals surface area contributed by atoms with Gasteiger partial charge in [-0.3, -0.25) is 0 Å². The molecule has 0 saturated carbocycles. The Morgan fingerprint density at radius 1 is 1.33 bits per heavy atom. The van der Waals surface area contributed by atoms with Crippen LogP contribution in [0, 0.1) is 5.92 Å². The van der Waals surface area contributed by atoms with E-state index in [1.54, 1.807) is 14.0 Å². The van der Waals surface area contributed by atoms with Crippen LogP contribution in [0.2, 0.25) is 0 Å². The molecule has 0 aliphatic heterocycles. The molecule has 3 heteroatoms. The van der Waals surface area contributed by atoms with E-state index in [-0.39, 0.29) is 0 Å². The first kappa shape index (κ1) is 11.8. The van der Waals surface area contributed by atoms with Crippen molar-refractivity contribution in [1.82, 2.24) is 5.32 Å². The molecule has 0 radical (unpaired) electrons. The van der Waals surface area contributed by atoms with Gasteiger partial charge in [0, 0.05) is 0 Å². The third-order valence-electron chi connectivity index (χ3n) is 2.29. The molecule has 0 amide bonds. The lowest BCUT2D eigenvalue weighted by molar-refractivity contribution is 0.0368. The lowest BCUT2D eigenvalue weighted by Crippen LogP contribution is -2.46. The second-order valence-corrected chi connectivity index (χ2v) is 3.90. The summed E-state index contributed by atoms with van der Waals surface area (Å²) in [5, 5.41) is 2.68. The first-order valence-corrected chi connectivity index (χ1v) is 4.39. The first-order chi connectivity index (χ1) is 5.42. The third kappa shape index (κ3) is 3.48. The van der Waals surface area contributed by atoms with Gasteiger partial charge in [0.15, 0.2) is 0 Å². The van der Waals surface area contributed by atoms with Crippen molar-refractivity contribution in [2.75, 3.05) is 7.05 Å². The van der Waals surface area contributed by atoms with E-state index in [4.69, 9.17) is 0 Å². The minimum absolute atomic E-state index is 0.483. The van der Waals surface area contributed by atoms with E-state index >= 15 is 0 Å². The summed E-state index contributed by atoms with van der Waals surface area (Å²) in [6.07, 6.45) is -0.929. The van der Waals surface area contributed by atoms with Crippen molar-refractivity contribution < 1.29 is 8.78 Å². The van der Waals surface area contributed by atoms with Gasteiger partial charge in [0.05, 0.1) is 5.54 Å². The number of alkyl halides is 2. The lowest BCUT2D eigenvalue weighted by Gasteiger charge is -2.28. The fourth-order valence-electron chi connectivity index (χ4n) is 0.932. The molecule has 0 fully saturated rings. The Labute approximate surface area is 73.5 Å². The molecule has 0 aromatic heterocycles. The van der Waals surface area contributed by atoms with Gasteiger partial charge in [0.1, 0.15) is 0 Å². The van der Waals surface area contributed by atoms with Crippen LogP contribution in [-0.4, -0.2) is 19.0 Å². The van der Waals surface area contributed by atoms with Gasteiger partial charge in [0.2, 0.25) is 0 Å². The van der Waals surface area contributed by atoms with Crippen molar-refractivity contribution >= 4 is 0 Å². The molecule has 1 atom stereocenters. The summed E-state index contributed by atoms with van der Waals surface area (Å²) in [6.45, 7) is 5.66. The van der Waals surface area contributed by atoms with Crippen molar-refractivity contribution in [3.05, 3.63) is 0 Å². The van der Waals surface area contributed by atoms with Gasteiger partial charge < -0.3 is 5.32 Å². The highest BCUT2D eigenvalue weighted by Crippen LogP contribution is 2.22. The molecule has 1 N–H and O–H groups in total. The third-order valence-corrected chi connectivity index (χ3v) is 2.29. The molecule has 0 aromatic rings. The van der Waals surface area contributed by atoms with Crippen molar-refractivity contribution in [3.63, 3.8) is 0 Å². The monoisotopic (exact) mass is 179 g/mol. The van der Waals surface area contributed by atoms with Crippen LogP contribution in [0.3, 0.4) is 0 Å². The van der Waals surface area contributed by atoms with Gasteiger partial charge >= 0.3 is 0 Å². The Morgan fingerprint density at radius 3 is 2.08 bits per heavy atom. The molecule has 0 saturated heterocycles. The average molecular weight is 179 g/mol. The fraction of sp³-hybridized carbons (Fsp3) is 1.00. The molecular weight excluding hydrogens is 160 g/mol. The van der Waals surface area contributed by atoms with Crippen LogP contribution in [0.1, 0.15) is 33.6 Å².